The van der Waals surface area contributed by atoms with E-state index in [4.69, 9.17) is 4.74 Å². The summed E-state index contributed by atoms with van der Waals surface area (Å²) in [5.74, 6) is 0.0693. The normalized spacial score (nSPS) is 20.1. The molecule has 2 aliphatic heterocycles. The van der Waals surface area contributed by atoms with Crippen LogP contribution in [0.1, 0.15) is 31.7 Å². The molecule has 0 atom stereocenters. The van der Waals surface area contributed by atoms with E-state index in [1.807, 2.05) is 0 Å². The van der Waals surface area contributed by atoms with Crippen molar-refractivity contribution >= 4 is 23.4 Å². The van der Waals surface area contributed by atoms with Crippen LogP contribution in [0, 0.1) is 0 Å². The molecule has 0 amide bonds. The average Bonchev–Trinajstić information content (AvgIpc) is 2.97. The molecule has 1 N–H and O–H groups in total. The molecular weight excluding hydrogens is 380 g/mol. The Kier molecular flexibility index (Phi) is 6.39. The van der Waals surface area contributed by atoms with Crippen LogP contribution in [0.5, 0.6) is 5.75 Å². The van der Waals surface area contributed by atoms with Gasteiger partial charge < -0.3 is 19.4 Å². The zero-order chi connectivity index (χ0) is 18.1. The first-order valence-electron chi connectivity index (χ1n) is 9.12. The Balaban J connectivity index is 0.00000210. The second-order valence-corrected chi connectivity index (χ2v) is 6.97. The third-order valence-corrected chi connectivity index (χ3v) is 5.49. The van der Waals surface area contributed by atoms with Gasteiger partial charge in [0.05, 0.1) is 11.0 Å². The van der Waals surface area contributed by atoms with E-state index in [-0.39, 0.29) is 29.9 Å². The molecule has 1 aromatic carbocycles. The Labute approximate surface area is 161 Å². The fourth-order valence-corrected chi connectivity index (χ4v) is 4.20. The quantitative estimate of drug-likeness (QED) is 0.851. The van der Waals surface area contributed by atoms with Crippen LogP contribution in [-0.2, 0) is 4.74 Å². The van der Waals surface area contributed by atoms with E-state index in [1.54, 1.807) is 10.6 Å². The number of benzene rings is 1. The molecule has 6 nitrogen and oxygen atoms in total. The molecule has 0 radical (unpaired) electrons. The number of piperidine rings is 1. The Hall–Kier alpha value is -1.64. The molecular formula is C18H24ClF2N3O3. The van der Waals surface area contributed by atoms with Crippen LogP contribution < -0.4 is 10.4 Å². The molecule has 3 heterocycles. The summed E-state index contributed by atoms with van der Waals surface area (Å²) >= 11 is 0. The summed E-state index contributed by atoms with van der Waals surface area (Å²) in [7, 11) is 0. The van der Waals surface area contributed by atoms with Crippen LogP contribution in [0.3, 0.4) is 0 Å². The molecule has 4 rings (SSSR count). The van der Waals surface area contributed by atoms with Gasteiger partial charge in [-0.1, -0.05) is 0 Å². The first-order chi connectivity index (χ1) is 12.6. The topological polar surface area (TPSA) is 59.5 Å². The first-order valence-corrected chi connectivity index (χ1v) is 9.12. The molecule has 2 fully saturated rings. The summed E-state index contributed by atoms with van der Waals surface area (Å²) in [5, 5.41) is 0. The summed E-state index contributed by atoms with van der Waals surface area (Å²) in [6.45, 7) is 0.622. The fourth-order valence-electron chi connectivity index (χ4n) is 4.20. The van der Waals surface area contributed by atoms with Gasteiger partial charge in [0.25, 0.3) is 0 Å². The predicted octanol–water partition coefficient (Wildman–Crippen LogP) is 3.17. The number of aromatic amines is 1. The molecule has 0 spiro atoms. The number of fused-ring (bicyclic) bond motifs is 1. The lowest BCUT2D eigenvalue weighted by Crippen LogP contribution is -2.45. The standard InChI is InChI=1S/C18H23F2N3O3.ClH/c19-17(20)26-14-1-2-15-16(11-14)23(18(24)21-15)13-3-7-22(8-4-13)12-5-9-25-10-6-12;/h1-2,11-13,17H,3-10H2,(H,21,24);1H. The maximum absolute atomic E-state index is 12.5. The van der Waals surface area contributed by atoms with E-state index in [1.165, 1.54) is 12.1 Å². The van der Waals surface area contributed by atoms with Crippen LogP contribution >= 0.6 is 12.4 Å². The van der Waals surface area contributed by atoms with Gasteiger partial charge in [0.1, 0.15) is 5.75 Å². The van der Waals surface area contributed by atoms with Crippen molar-refractivity contribution in [1.82, 2.24) is 14.5 Å². The minimum atomic E-state index is -2.88. The van der Waals surface area contributed by atoms with Gasteiger partial charge in [-0.25, -0.2) is 4.79 Å². The average molecular weight is 404 g/mol. The van der Waals surface area contributed by atoms with Crippen LogP contribution in [0.15, 0.2) is 23.0 Å². The number of nitrogens with one attached hydrogen (secondary N) is 1. The molecule has 150 valence electrons. The van der Waals surface area contributed by atoms with E-state index in [0.29, 0.717) is 17.1 Å². The maximum atomic E-state index is 12.5. The molecule has 2 saturated heterocycles. The number of H-pyrrole nitrogens is 1. The van der Waals surface area contributed by atoms with Crippen molar-refractivity contribution in [1.29, 1.82) is 0 Å². The molecule has 0 aliphatic carbocycles. The number of aromatic nitrogens is 2. The highest BCUT2D eigenvalue weighted by atomic mass is 35.5. The lowest BCUT2D eigenvalue weighted by Gasteiger charge is -2.39. The molecule has 9 heteroatoms. The van der Waals surface area contributed by atoms with Crippen molar-refractivity contribution in [2.24, 2.45) is 0 Å². The van der Waals surface area contributed by atoms with Gasteiger partial charge in [-0.15, -0.1) is 12.4 Å². The number of rotatable bonds is 4. The van der Waals surface area contributed by atoms with E-state index in [2.05, 4.69) is 14.6 Å². The Bertz CT molecular complexity index is 812. The van der Waals surface area contributed by atoms with Gasteiger partial charge in [-0.3, -0.25) is 4.57 Å². The van der Waals surface area contributed by atoms with Crippen LogP contribution in [0.4, 0.5) is 8.78 Å². The number of imidazole rings is 1. The summed E-state index contributed by atoms with van der Waals surface area (Å²) in [4.78, 5) is 17.7. The van der Waals surface area contributed by atoms with Crippen LogP contribution in [0.25, 0.3) is 11.0 Å². The Morgan fingerprint density at radius 2 is 1.81 bits per heavy atom. The predicted molar refractivity (Wildman–Crippen MR) is 100 cm³/mol. The SMILES string of the molecule is Cl.O=c1[nH]c2ccc(OC(F)F)cc2n1C1CCN(C2CCOCC2)CC1. The minimum absolute atomic E-state index is 0. The fraction of sp³-hybridized carbons (Fsp3) is 0.611. The third kappa shape index (κ3) is 4.28. The van der Waals surface area contributed by atoms with Gasteiger partial charge in [0, 0.05) is 44.5 Å². The van der Waals surface area contributed by atoms with E-state index >= 15 is 0 Å². The zero-order valence-corrected chi connectivity index (χ0v) is 15.7. The Morgan fingerprint density at radius 1 is 1.11 bits per heavy atom. The smallest absolute Gasteiger partial charge is 0.387 e. The highest BCUT2D eigenvalue weighted by Gasteiger charge is 2.28. The highest BCUT2D eigenvalue weighted by Crippen LogP contribution is 2.29. The van der Waals surface area contributed by atoms with E-state index < -0.39 is 6.61 Å². The number of ether oxygens (including phenoxy) is 2. The highest BCUT2D eigenvalue weighted by molar-refractivity contribution is 5.85. The molecule has 1 aromatic heterocycles. The van der Waals surface area contributed by atoms with Crippen molar-refractivity contribution in [2.45, 2.75) is 44.4 Å². The lowest BCUT2D eigenvalue weighted by atomic mass is 9.99. The first kappa shape index (κ1) is 20.1. The Morgan fingerprint density at radius 3 is 2.48 bits per heavy atom. The van der Waals surface area contributed by atoms with Crippen LogP contribution in [-0.4, -0.2) is 53.4 Å². The van der Waals surface area contributed by atoms with Gasteiger partial charge >= 0.3 is 12.3 Å². The number of likely N-dealkylation sites (tertiary alicyclic amines) is 1. The molecule has 0 bridgehead atoms. The van der Waals surface area contributed by atoms with Crippen molar-refractivity contribution < 1.29 is 18.3 Å². The van der Waals surface area contributed by atoms with Gasteiger partial charge in [0.2, 0.25) is 0 Å². The second kappa shape index (κ2) is 8.58. The minimum Gasteiger partial charge on any atom is -0.435 e. The number of halogens is 3. The van der Waals surface area contributed by atoms with E-state index in [0.717, 1.165) is 52.0 Å². The molecule has 0 unspecified atom stereocenters. The largest absolute Gasteiger partial charge is 0.435 e. The van der Waals surface area contributed by atoms with Crippen molar-refractivity contribution in [3.8, 4) is 5.75 Å². The monoisotopic (exact) mass is 403 g/mol. The number of alkyl halides is 2. The number of hydrogen-bond donors (Lipinski definition) is 1. The molecule has 2 aromatic rings. The zero-order valence-electron chi connectivity index (χ0n) is 14.9. The van der Waals surface area contributed by atoms with E-state index in [9.17, 15) is 13.6 Å². The molecule has 2 aliphatic rings. The van der Waals surface area contributed by atoms with Gasteiger partial charge in [-0.05, 0) is 37.8 Å². The van der Waals surface area contributed by atoms with Crippen molar-refractivity contribution in [3.63, 3.8) is 0 Å². The molecule has 0 saturated carbocycles. The third-order valence-electron chi connectivity index (χ3n) is 5.49. The summed E-state index contributed by atoms with van der Waals surface area (Å²) < 4.78 is 36.6. The summed E-state index contributed by atoms with van der Waals surface area (Å²) in [6.07, 6.45) is 3.85. The lowest BCUT2D eigenvalue weighted by molar-refractivity contribution is -0.0497. The number of nitrogens with zero attached hydrogens (tertiary/aromatic N) is 2. The van der Waals surface area contributed by atoms with Crippen molar-refractivity contribution in [2.75, 3.05) is 26.3 Å². The van der Waals surface area contributed by atoms with Gasteiger partial charge in [0.15, 0.2) is 0 Å². The summed E-state index contributed by atoms with van der Waals surface area (Å²) in [6, 6.07) is 5.21. The molecule has 27 heavy (non-hydrogen) atoms. The summed E-state index contributed by atoms with van der Waals surface area (Å²) in [5.41, 5.74) is 1.07. The number of hydrogen-bond acceptors (Lipinski definition) is 4. The second-order valence-electron chi connectivity index (χ2n) is 6.97. The van der Waals surface area contributed by atoms with Gasteiger partial charge in [-0.2, -0.15) is 8.78 Å². The van der Waals surface area contributed by atoms with Crippen molar-refractivity contribution in [3.05, 3.63) is 28.7 Å². The maximum Gasteiger partial charge on any atom is 0.387 e. The van der Waals surface area contributed by atoms with Crippen LogP contribution in [0.2, 0.25) is 0 Å².